The molecule has 128 valence electrons. The number of aromatic nitrogens is 3. The molecule has 1 N–H and O–H groups in total. The van der Waals surface area contributed by atoms with Gasteiger partial charge in [-0.25, -0.2) is 19.7 Å². The van der Waals surface area contributed by atoms with E-state index in [4.69, 9.17) is 0 Å². The number of thiazole rings is 1. The number of hydrogen-bond donors (Lipinski definition) is 1. The third-order valence-corrected chi connectivity index (χ3v) is 4.49. The van der Waals surface area contributed by atoms with Gasteiger partial charge in [0.15, 0.2) is 0 Å². The van der Waals surface area contributed by atoms with Crippen LogP contribution in [0.3, 0.4) is 0 Å². The number of benzene rings is 1. The van der Waals surface area contributed by atoms with E-state index < -0.39 is 0 Å². The van der Waals surface area contributed by atoms with E-state index in [-0.39, 0.29) is 6.03 Å². The van der Waals surface area contributed by atoms with E-state index >= 15 is 0 Å². The Labute approximate surface area is 150 Å². The van der Waals surface area contributed by atoms with Crippen molar-refractivity contribution in [3.63, 3.8) is 0 Å². The van der Waals surface area contributed by atoms with Crippen LogP contribution in [0.15, 0.2) is 42.7 Å². The fourth-order valence-electron chi connectivity index (χ4n) is 2.38. The molecule has 0 aliphatic heterocycles. The van der Waals surface area contributed by atoms with E-state index in [0.29, 0.717) is 12.4 Å². The number of nitrogens with zero attached hydrogens (tertiary/aromatic N) is 4. The molecular formula is C18H19N5OS. The number of amides is 2. The summed E-state index contributed by atoms with van der Waals surface area (Å²) < 4.78 is 0. The molecule has 25 heavy (non-hydrogen) atoms. The maximum Gasteiger partial charge on any atom is 0.321 e. The Hall–Kier alpha value is -2.80. The van der Waals surface area contributed by atoms with Crippen molar-refractivity contribution >= 4 is 23.1 Å². The summed E-state index contributed by atoms with van der Waals surface area (Å²) in [6, 6.07) is 9.31. The van der Waals surface area contributed by atoms with Crippen molar-refractivity contribution < 1.29 is 4.79 Å². The lowest BCUT2D eigenvalue weighted by atomic mass is 10.1. The lowest BCUT2D eigenvalue weighted by Gasteiger charge is -2.17. The summed E-state index contributed by atoms with van der Waals surface area (Å²) in [5, 5.41) is 3.92. The first kappa shape index (κ1) is 17.0. The average molecular weight is 353 g/mol. The Kier molecular flexibility index (Phi) is 5.04. The van der Waals surface area contributed by atoms with E-state index in [9.17, 15) is 4.79 Å². The monoisotopic (exact) mass is 353 g/mol. The smallest absolute Gasteiger partial charge is 0.321 e. The highest BCUT2D eigenvalue weighted by Gasteiger charge is 2.11. The first-order valence-corrected chi connectivity index (χ1v) is 8.66. The van der Waals surface area contributed by atoms with Crippen LogP contribution < -0.4 is 5.32 Å². The number of carbonyl (C=O) groups excluding carboxylic acids is 1. The van der Waals surface area contributed by atoms with Crippen LogP contribution in [-0.4, -0.2) is 32.9 Å². The van der Waals surface area contributed by atoms with Crippen molar-refractivity contribution in [2.24, 2.45) is 0 Å². The Morgan fingerprint density at radius 3 is 2.80 bits per heavy atom. The number of carbonyl (C=O) groups is 1. The van der Waals surface area contributed by atoms with E-state index in [0.717, 1.165) is 26.8 Å². The standard InChI is InChI=1S/C18H19N5OS/c1-12-19-8-7-17(21-12)14-5-4-6-15(9-14)22-18(24)23(3)11-16-10-20-13(2)25-16/h4-10H,11H2,1-3H3,(H,22,24). The van der Waals surface area contributed by atoms with Crippen molar-refractivity contribution in [2.45, 2.75) is 20.4 Å². The maximum atomic E-state index is 12.4. The predicted molar refractivity (Wildman–Crippen MR) is 99.5 cm³/mol. The highest BCUT2D eigenvalue weighted by atomic mass is 32.1. The van der Waals surface area contributed by atoms with E-state index in [1.807, 2.05) is 50.4 Å². The van der Waals surface area contributed by atoms with Crippen LogP contribution in [0.25, 0.3) is 11.3 Å². The summed E-state index contributed by atoms with van der Waals surface area (Å²) in [5.74, 6) is 0.714. The normalized spacial score (nSPS) is 10.5. The van der Waals surface area contributed by atoms with E-state index in [1.54, 1.807) is 29.5 Å². The Morgan fingerprint density at radius 2 is 2.08 bits per heavy atom. The molecule has 0 saturated heterocycles. The van der Waals surface area contributed by atoms with Crippen LogP contribution in [0.1, 0.15) is 15.7 Å². The molecule has 0 fully saturated rings. The zero-order valence-corrected chi connectivity index (χ0v) is 15.2. The Bertz CT molecular complexity index is 892. The molecular weight excluding hydrogens is 334 g/mol. The van der Waals surface area contributed by atoms with Crippen LogP contribution >= 0.6 is 11.3 Å². The minimum absolute atomic E-state index is 0.165. The third kappa shape index (κ3) is 4.39. The van der Waals surface area contributed by atoms with Gasteiger partial charge in [-0.05, 0) is 32.0 Å². The fourth-order valence-corrected chi connectivity index (χ4v) is 3.22. The second-order valence-corrected chi connectivity index (χ2v) is 7.02. The van der Waals surface area contributed by atoms with Crippen LogP contribution in [-0.2, 0) is 6.54 Å². The SMILES string of the molecule is Cc1nccc(-c2cccc(NC(=O)N(C)Cc3cnc(C)s3)c2)n1. The van der Waals surface area contributed by atoms with Crippen molar-refractivity contribution in [3.8, 4) is 11.3 Å². The number of nitrogens with one attached hydrogen (secondary N) is 1. The molecule has 0 aliphatic rings. The Morgan fingerprint density at radius 1 is 1.24 bits per heavy atom. The maximum absolute atomic E-state index is 12.4. The Balaban J connectivity index is 1.70. The number of rotatable bonds is 4. The van der Waals surface area contributed by atoms with Gasteiger partial charge in [0.25, 0.3) is 0 Å². The lowest BCUT2D eigenvalue weighted by molar-refractivity contribution is 0.221. The fraction of sp³-hybridized carbons (Fsp3) is 0.222. The zero-order chi connectivity index (χ0) is 17.8. The van der Waals surface area contributed by atoms with Gasteiger partial charge in [-0.2, -0.15) is 0 Å². The number of hydrogen-bond acceptors (Lipinski definition) is 5. The van der Waals surface area contributed by atoms with Gasteiger partial charge in [0, 0.05) is 35.6 Å². The molecule has 2 amide bonds. The lowest BCUT2D eigenvalue weighted by Crippen LogP contribution is -2.30. The molecule has 3 aromatic rings. The third-order valence-electron chi connectivity index (χ3n) is 3.59. The molecule has 0 spiro atoms. The molecule has 0 radical (unpaired) electrons. The van der Waals surface area contributed by atoms with Crippen molar-refractivity contribution in [2.75, 3.05) is 12.4 Å². The first-order chi connectivity index (χ1) is 12.0. The van der Waals surface area contributed by atoms with Crippen LogP contribution in [0, 0.1) is 13.8 Å². The summed E-state index contributed by atoms with van der Waals surface area (Å²) in [4.78, 5) is 27.8. The second-order valence-electron chi connectivity index (χ2n) is 5.70. The van der Waals surface area contributed by atoms with Gasteiger partial charge in [-0.3, -0.25) is 0 Å². The van der Waals surface area contributed by atoms with Crippen molar-refractivity contribution in [1.82, 2.24) is 19.9 Å². The number of urea groups is 1. The van der Waals surface area contributed by atoms with Gasteiger partial charge in [0.2, 0.25) is 0 Å². The molecule has 0 unspecified atom stereocenters. The van der Waals surface area contributed by atoms with Crippen molar-refractivity contribution in [1.29, 1.82) is 0 Å². The summed E-state index contributed by atoms with van der Waals surface area (Å²) in [6.45, 7) is 4.34. The van der Waals surface area contributed by atoms with E-state index in [1.165, 1.54) is 0 Å². The van der Waals surface area contributed by atoms with E-state index in [2.05, 4.69) is 20.3 Å². The summed E-state index contributed by atoms with van der Waals surface area (Å²) in [6.07, 6.45) is 3.54. The van der Waals surface area contributed by atoms with Crippen molar-refractivity contribution in [3.05, 3.63) is 58.4 Å². The molecule has 0 aliphatic carbocycles. The molecule has 1 aromatic carbocycles. The van der Waals surface area contributed by atoms with Gasteiger partial charge in [0.05, 0.1) is 17.2 Å². The largest absolute Gasteiger partial charge is 0.322 e. The summed E-state index contributed by atoms with van der Waals surface area (Å²) in [5.41, 5.74) is 2.49. The summed E-state index contributed by atoms with van der Waals surface area (Å²) >= 11 is 1.59. The van der Waals surface area contributed by atoms with Gasteiger partial charge in [-0.1, -0.05) is 12.1 Å². The van der Waals surface area contributed by atoms with Gasteiger partial charge in [0.1, 0.15) is 5.82 Å². The van der Waals surface area contributed by atoms with Crippen LogP contribution in [0.4, 0.5) is 10.5 Å². The molecule has 2 heterocycles. The topological polar surface area (TPSA) is 71.0 Å². The van der Waals surface area contributed by atoms with Crippen LogP contribution in [0.5, 0.6) is 0 Å². The average Bonchev–Trinajstić information content (AvgIpc) is 3.00. The summed E-state index contributed by atoms with van der Waals surface area (Å²) in [7, 11) is 1.77. The highest BCUT2D eigenvalue weighted by molar-refractivity contribution is 7.11. The minimum atomic E-state index is -0.165. The van der Waals surface area contributed by atoms with Crippen LogP contribution in [0.2, 0.25) is 0 Å². The molecule has 0 atom stereocenters. The molecule has 7 heteroatoms. The molecule has 3 rings (SSSR count). The predicted octanol–water partition coefficient (Wildman–Crippen LogP) is 3.88. The highest BCUT2D eigenvalue weighted by Crippen LogP contribution is 2.21. The quantitative estimate of drug-likeness (QED) is 0.773. The van der Waals surface area contributed by atoms with Gasteiger partial charge in [-0.15, -0.1) is 11.3 Å². The van der Waals surface area contributed by atoms with Gasteiger partial charge < -0.3 is 10.2 Å². The zero-order valence-electron chi connectivity index (χ0n) is 14.4. The molecule has 2 aromatic heterocycles. The molecule has 0 saturated carbocycles. The molecule has 6 nitrogen and oxygen atoms in total. The second kappa shape index (κ2) is 7.40. The molecule has 0 bridgehead atoms. The minimum Gasteiger partial charge on any atom is -0.322 e. The number of aryl methyl sites for hydroxylation is 2. The first-order valence-electron chi connectivity index (χ1n) is 7.85. The van der Waals surface area contributed by atoms with Gasteiger partial charge >= 0.3 is 6.03 Å². The number of anilines is 1.